The molecule has 0 aromatic heterocycles. The molecule has 10 heavy (non-hydrogen) atoms. The van der Waals surface area contributed by atoms with E-state index >= 15 is 0 Å². The summed E-state index contributed by atoms with van der Waals surface area (Å²) in [4.78, 5) is 0. The van der Waals surface area contributed by atoms with Crippen LogP contribution >= 0.6 is 0 Å². The van der Waals surface area contributed by atoms with Crippen molar-refractivity contribution in [2.75, 3.05) is 0 Å². The van der Waals surface area contributed by atoms with E-state index in [0.29, 0.717) is 5.92 Å². The first-order valence-corrected chi connectivity index (χ1v) is 4.03. The summed E-state index contributed by atoms with van der Waals surface area (Å²) in [6, 6.07) is 0. The van der Waals surface area contributed by atoms with Crippen LogP contribution in [0.2, 0.25) is 0 Å². The monoisotopic (exact) mass is 136 g/mol. The van der Waals surface area contributed by atoms with Crippen molar-refractivity contribution in [3.05, 3.63) is 23.8 Å². The molecule has 0 N–H and O–H groups in total. The van der Waals surface area contributed by atoms with E-state index in [9.17, 15) is 0 Å². The second-order valence-electron chi connectivity index (χ2n) is 3.36. The zero-order chi connectivity index (χ0) is 7.56. The predicted molar refractivity (Wildman–Crippen MR) is 45.9 cm³/mol. The first kappa shape index (κ1) is 7.59. The molecular formula is C10H16. The van der Waals surface area contributed by atoms with Crippen LogP contribution in [-0.2, 0) is 0 Å². The summed E-state index contributed by atoms with van der Waals surface area (Å²) in [5, 5.41) is 0. The molecule has 0 unspecified atom stereocenters. The Morgan fingerprint density at radius 3 is 2.80 bits per heavy atom. The Balaban J connectivity index is 2.62. The second kappa shape index (κ2) is 3.05. The zero-order valence-corrected chi connectivity index (χ0v) is 6.98. The number of allylic oxidation sites excluding steroid dienone is 3. The van der Waals surface area contributed by atoms with Gasteiger partial charge in [-0.25, -0.2) is 0 Å². The minimum atomic E-state index is 0.675. The Kier molecular flexibility index (Phi) is 2.31. The maximum atomic E-state index is 3.97. The molecule has 0 saturated carbocycles. The van der Waals surface area contributed by atoms with Gasteiger partial charge < -0.3 is 0 Å². The number of hydrogen-bond donors (Lipinski definition) is 0. The predicted octanol–water partition coefficient (Wildman–Crippen LogP) is 3.31. The Labute approximate surface area is 63.6 Å². The number of rotatable bonds is 1. The van der Waals surface area contributed by atoms with E-state index < -0.39 is 0 Å². The second-order valence-corrected chi connectivity index (χ2v) is 3.36. The topological polar surface area (TPSA) is 0 Å². The Bertz CT molecular complexity index is 163. The average molecular weight is 136 g/mol. The molecule has 0 radical (unpaired) electrons. The van der Waals surface area contributed by atoms with Crippen molar-refractivity contribution in [1.29, 1.82) is 0 Å². The van der Waals surface area contributed by atoms with Gasteiger partial charge in [0, 0.05) is 0 Å². The molecule has 56 valence electrons. The van der Waals surface area contributed by atoms with E-state index in [1.807, 2.05) is 0 Å². The van der Waals surface area contributed by atoms with E-state index in [4.69, 9.17) is 0 Å². The first-order valence-electron chi connectivity index (χ1n) is 4.03. The summed E-state index contributed by atoms with van der Waals surface area (Å²) in [6.45, 7) is 8.31. The summed E-state index contributed by atoms with van der Waals surface area (Å²) in [5.74, 6) is 0.675. The van der Waals surface area contributed by atoms with Gasteiger partial charge in [0.1, 0.15) is 0 Å². The minimum absolute atomic E-state index is 0.675. The SMILES string of the molecule is C=C(C)[C@H]1C=C(C)CCC1. The molecule has 1 atom stereocenters. The molecule has 1 aliphatic carbocycles. The number of hydrogen-bond acceptors (Lipinski definition) is 0. The van der Waals surface area contributed by atoms with E-state index in [1.54, 1.807) is 5.57 Å². The minimum Gasteiger partial charge on any atom is -0.0995 e. The van der Waals surface area contributed by atoms with E-state index in [0.717, 1.165) is 0 Å². The highest BCUT2D eigenvalue weighted by atomic mass is 14.2. The fourth-order valence-corrected chi connectivity index (χ4v) is 1.50. The molecule has 0 amide bonds. The molecule has 0 bridgehead atoms. The van der Waals surface area contributed by atoms with Gasteiger partial charge in [-0.2, -0.15) is 0 Å². The summed E-state index contributed by atoms with van der Waals surface area (Å²) >= 11 is 0. The van der Waals surface area contributed by atoms with Crippen LogP contribution in [0.5, 0.6) is 0 Å². The van der Waals surface area contributed by atoms with E-state index in [-0.39, 0.29) is 0 Å². The van der Waals surface area contributed by atoms with Gasteiger partial charge in [-0.05, 0) is 39.0 Å². The quantitative estimate of drug-likeness (QED) is 0.485. The van der Waals surface area contributed by atoms with Crippen LogP contribution in [0.1, 0.15) is 33.1 Å². The highest BCUT2D eigenvalue weighted by molar-refractivity contribution is 5.14. The van der Waals surface area contributed by atoms with Gasteiger partial charge in [0.2, 0.25) is 0 Å². The first-order chi connectivity index (χ1) is 4.70. The van der Waals surface area contributed by atoms with Gasteiger partial charge in [-0.1, -0.05) is 23.8 Å². The third kappa shape index (κ3) is 1.73. The van der Waals surface area contributed by atoms with Gasteiger partial charge in [0.15, 0.2) is 0 Å². The lowest BCUT2D eigenvalue weighted by Crippen LogP contribution is -2.03. The molecule has 0 aliphatic heterocycles. The van der Waals surface area contributed by atoms with E-state index in [1.165, 1.54) is 24.8 Å². The maximum absolute atomic E-state index is 3.97. The Morgan fingerprint density at radius 2 is 2.40 bits per heavy atom. The van der Waals surface area contributed by atoms with Crippen LogP contribution in [0, 0.1) is 5.92 Å². The van der Waals surface area contributed by atoms with Crippen LogP contribution in [0.15, 0.2) is 23.8 Å². The van der Waals surface area contributed by atoms with Gasteiger partial charge in [0.05, 0.1) is 0 Å². The maximum Gasteiger partial charge on any atom is -0.00261 e. The van der Waals surface area contributed by atoms with Crippen LogP contribution in [0.25, 0.3) is 0 Å². The van der Waals surface area contributed by atoms with Crippen LogP contribution < -0.4 is 0 Å². The van der Waals surface area contributed by atoms with Gasteiger partial charge in [-0.15, -0.1) is 0 Å². The summed E-state index contributed by atoms with van der Waals surface area (Å²) < 4.78 is 0. The lowest BCUT2D eigenvalue weighted by atomic mass is 9.87. The van der Waals surface area contributed by atoms with Gasteiger partial charge in [0.25, 0.3) is 0 Å². The van der Waals surface area contributed by atoms with Crippen molar-refractivity contribution in [2.24, 2.45) is 5.92 Å². The molecule has 0 saturated heterocycles. The fourth-order valence-electron chi connectivity index (χ4n) is 1.50. The van der Waals surface area contributed by atoms with Gasteiger partial charge in [-0.3, -0.25) is 0 Å². The van der Waals surface area contributed by atoms with Gasteiger partial charge >= 0.3 is 0 Å². The van der Waals surface area contributed by atoms with Crippen molar-refractivity contribution < 1.29 is 0 Å². The largest absolute Gasteiger partial charge is 0.0995 e. The molecule has 0 heteroatoms. The lowest BCUT2D eigenvalue weighted by molar-refractivity contribution is 0.589. The highest BCUT2D eigenvalue weighted by Gasteiger charge is 2.10. The molecular weight excluding hydrogens is 120 g/mol. The molecule has 0 aromatic carbocycles. The summed E-state index contributed by atoms with van der Waals surface area (Å²) in [5.41, 5.74) is 2.86. The normalized spacial score (nSPS) is 25.8. The Hall–Kier alpha value is -0.520. The van der Waals surface area contributed by atoms with Crippen LogP contribution in [0.3, 0.4) is 0 Å². The van der Waals surface area contributed by atoms with Crippen molar-refractivity contribution in [3.8, 4) is 0 Å². The fraction of sp³-hybridized carbons (Fsp3) is 0.600. The van der Waals surface area contributed by atoms with Crippen LogP contribution in [-0.4, -0.2) is 0 Å². The lowest BCUT2D eigenvalue weighted by Gasteiger charge is -2.18. The highest BCUT2D eigenvalue weighted by Crippen LogP contribution is 2.26. The van der Waals surface area contributed by atoms with Crippen LogP contribution in [0.4, 0.5) is 0 Å². The third-order valence-electron chi connectivity index (χ3n) is 2.20. The molecule has 1 aliphatic rings. The average Bonchev–Trinajstić information content (AvgIpc) is 1.88. The molecule has 0 spiro atoms. The summed E-state index contributed by atoms with van der Waals surface area (Å²) in [6.07, 6.45) is 6.32. The molecule has 1 rings (SSSR count). The summed E-state index contributed by atoms with van der Waals surface area (Å²) in [7, 11) is 0. The zero-order valence-electron chi connectivity index (χ0n) is 6.98. The van der Waals surface area contributed by atoms with Crippen molar-refractivity contribution >= 4 is 0 Å². The smallest absolute Gasteiger partial charge is 0.00261 e. The molecule has 0 aromatic rings. The van der Waals surface area contributed by atoms with E-state index in [2.05, 4.69) is 26.5 Å². The molecule has 0 fully saturated rings. The van der Waals surface area contributed by atoms with Crippen molar-refractivity contribution in [3.63, 3.8) is 0 Å². The van der Waals surface area contributed by atoms with Crippen molar-refractivity contribution in [2.45, 2.75) is 33.1 Å². The Morgan fingerprint density at radius 1 is 1.70 bits per heavy atom. The molecule has 0 heterocycles. The standard InChI is InChI=1S/C10H16/c1-8(2)10-6-4-5-9(3)7-10/h7,10H,1,4-6H2,2-3H3/t10-/m1/s1. The van der Waals surface area contributed by atoms with Crippen molar-refractivity contribution in [1.82, 2.24) is 0 Å². The molecule has 0 nitrogen and oxygen atoms in total. The third-order valence-corrected chi connectivity index (χ3v) is 2.20.